The summed E-state index contributed by atoms with van der Waals surface area (Å²) in [6.07, 6.45) is 3.15. The highest BCUT2D eigenvalue weighted by molar-refractivity contribution is 5.70. The molecule has 0 saturated carbocycles. The van der Waals surface area contributed by atoms with E-state index in [0.29, 0.717) is 38.9 Å². The Hall–Kier alpha value is -1.75. The molecule has 0 radical (unpaired) electrons. The lowest BCUT2D eigenvalue weighted by Gasteiger charge is -2.30. The molecule has 0 spiro atoms. The van der Waals surface area contributed by atoms with Crippen molar-refractivity contribution in [3.63, 3.8) is 0 Å². The van der Waals surface area contributed by atoms with Gasteiger partial charge in [0.2, 0.25) is 0 Å². The van der Waals surface area contributed by atoms with Crippen LogP contribution in [0.15, 0.2) is 0 Å². The second kappa shape index (κ2) is 25.0. The molecule has 0 aliphatic heterocycles. The van der Waals surface area contributed by atoms with Gasteiger partial charge in [0, 0.05) is 58.9 Å². The van der Waals surface area contributed by atoms with Crippen LogP contribution in [0.3, 0.4) is 0 Å². The third-order valence-corrected chi connectivity index (χ3v) is 6.63. The molecule has 0 aliphatic carbocycles. The van der Waals surface area contributed by atoms with Gasteiger partial charge in [-0.05, 0) is 38.4 Å². The molecule has 0 saturated heterocycles. The van der Waals surface area contributed by atoms with Crippen LogP contribution < -0.4 is 0 Å². The maximum absolute atomic E-state index is 11.7. The lowest BCUT2D eigenvalue weighted by atomic mass is 9.92. The standard InChI is InChI=1S/C28H56N4O6.C2H6/c1-9-14-30(23-24-31(15-10-25(33)36-6)16-11-26(34)37-7)21-19-29(5)20-22-32(17-12-27(35)38-8)18-13-28(2,3)4;1-2/h9-24H2,1-8H3;1-2H3. The Bertz CT molecular complexity index is 637. The molecule has 0 amide bonds. The quantitative estimate of drug-likeness (QED) is 0.142. The van der Waals surface area contributed by atoms with Gasteiger partial charge in [-0.25, -0.2) is 0 Å². The molecule has 0 unspecified atom stereocenters. The molecule has 0 aliphatic rings. The summed E-state index contributed by atoms with van der Waals surface area (Å²) < 4.78 is 14.4. The highest BCUT2D eigenvalue weighted by Gasteiger charge is 2.16. The van der Waals surface area contributed by atoms with Gasteiger partial charge in [-0.15, -0.1) is 0 Å². The number of carbonyl (C=O) groups excluding carboxylic acids is 3. The summed E-state index contributed by atoms with van der Waals surface area (Å²) in [5.41, 5.74) is 0.248. The van der Waals surface area contributed by atoms with Crippen LogP contribution in [0.4, 0.5) is 0 Å². The number of esters is 3. The van der Waals surface area contributed by atoms with E-state index in [1.165, 1.54) is 21.3 Å². The van der Waals surface area contributed by atoms with Crippen molar-refractivity contribution in [3.8, 4) is 0 Å². The first-order chi connectivity index (χ1) is 18.9. The number of carbonyl (C=O) groups is 3. The maximum atomic E-state index is 11.7. The van der Waals surface area contributed by atoms with Crippen LogP contribution in [0, 0.1) is 5.41 Å². The van der Waals surface area contributed by atoms with Crippen LogP contribution in [0.5, 0.6) is 0 Å². The summed E-state index contributed by atoms with van der Waals surface area (Å²) in [6.45, 7) is 22.0. The van der Waals surface area contributed by atoms with Gasteiger partial charge < -0.3 is 33.8 Å². The van der Waals surface area contributed by atoms with E-state index in [1.807, 2.05) is 13.8 Å². The van der Waals surface area contributed by atoms with Crippen LogP contribution in [0.1, 0.15) is 73.6 Å². The normalized spacial score (nSPS) is 11.6. The lowest BCUT2D eigenvalue weighted by molar-refractivity contribution is -0.142. The Labute approximate surface area is 245 Å². The van der Waals surface area contributed by atoms with E-state index in [1.54, 1.807) is 0 Å². The minimum Gasteiger partial charge on any atom is -0.469 e. The van der Waals surface area contributed by atoms with Crippen molar-refractivity contribution < 1.29 is 28.6 Å². The minimum atomic E-state index is -0.247. The molecule has 0 bridgehead atoms. The summed E-state index contributed by atoms with van der Waals surface area (Å²) >= 11 is 0. The van der Waals surface area contributed by atoms with E-state index in [2.05, 4.69) is 54.3 Å². The minimum absolute atomic E-state index is 0.165. The summed E-state index contributed by atoms with van der Waals surface area (Å²) in [6, 6.07) is 0. The molecule has 0 rings (SSSR count). The Morgan fingerprint density at radius 2 is 0.875 bits per heavy atom. The zero-order valence-electron chi connectivity index (χ0n) is 27.6. The van der Waals surface area contributed by atoms with Crippen molar-refractivity contribution in [1.82, 2.24) is 19.6 Å². The van der Waals surface area contributed by atoms with Gasteiger partial charge in [-0.2, -0.15) is 0 Å². The highest BCUT2D eigenvalue weighted by Crippen LogP contribution is 2.18. The Morgan fingerprint density at radius 3 is 1.20 bits per heavy atom. The fraction of sp³-hybridized carbons (Fsp3) is 0.900. The largest absolute Gasteiger partial charge is 0.469 e. The molecule has 0 N–H and O–H groups in total. The van der Waals surface area contributed by atoms with Crippen molar-refractivity contribution in [2.45, 2.75) is 73.6 Å². The van der Waals surface area contributed by atoms with E-state index >= 15 is 0 Å². The van der Waals surface area contributed by atoms with Crippen LogP contribution in [-0.4, -0.2) is 138 Å². The molecule has 0 aromatic carbocycles. The molecule has 0 aromatic rings. The third kappa shape index (κ3) is 24.1. The average Bonchev–Trinajstić information content (AvgIpc) is 2.94. The highest BCUT2D eigenvalue weighted by atomic mass is 16.5. The maximum Gasteiger partial charge on any atom is 0.306 e. The number of ether oxygens (including phenoxy) is 3. The average molecular weight is 575 g/mol. The molecule has 0 aromatic heterocycles. The van der Waals surface area contributed by atoms with Gasteiger partial charge in [-0.3, -0.25) is 14.4 Å². The number of hydrogen-bond donors (Lipinski definition) is 0. The van der Waals surface area contributed by atoms with Gasteiger partial charge in [-0.1, -0.05) is 41.5 Å². The van der Waals surface area contributed by atoms with E-state index in [-0.39, 0.29) is 23.3 Å². The summed E-state index contributed by atoms with van der Waals surface area (Å²) in [5, 5.41) is 0. The molecule has 10 nitrogen and oxygen atoms in total. The van der Waals surface area contributed by atoms with Gasteiger partial charge in [0.25, 0.3) is 0 Å². The first kappa shape index (κ1) is 40.4. The van der Waals surface area contributed by atoms with Gasteiger partial charge in [0.1, 0.15) is 0 Å². The van der Waals surface area contributed by atoms with Crippen molar-refractivity contribution in [1.29, 1.82) is 0 Å². The third-order valence-electron chi connectivity index (χ3n) is 6.63. The molecule has 0 atom stereocenters. The molecule has 238 valence electrons. The Balaban J connectivity index is 0. The molecule has 0 heterocycles. The molecule has 40 heavy (non-hydrogen) atoms. The molecule has 0 fully saturated rings. The van der Waals surface area contributed by atoms with Gasteiger partial charge >= 0.3 is 17.9 Å². The smallest absolute Gasteiger partial charge is 0.306 e. The first-order valence-corrected chi connectivity index (χ1v) is 15.0. The zero-order valence-corrected chi connectivity index (χ0v) is 27.6. The van der Waals surface area contributed by atoms with Crippen LogP contribution in [0.25, 0.3) is 0 Å². The number of nitrogens with zero attached hydrogens (tertiary/aromatic N) is 4. The van der Waals surface area contributed by atoms with E-state index in [4.69, 9.17) is 14.2 Å². The van der Waals surface area contributed by atoms with Crippen LogP contribution in [-0.2, 0) is 28.6 Å². The van der Waals surface area contributed by atoms with Crippen LogP contribution in [0.2, 0.25) is 0 Å². The number of hydrogen-bond acceptors (Lipinski definition) is 10. The Morgan fingerprint density at radius 1 is 0.550 bits per heavy atom. The Kier molecular flexibility index (Phi) is 25.2. The second-order valence-electron chi connectivity index (χ2n) is 11.1. The summed E-state index contributed by atoms with van der Waals surface area (Å²) in [4.78, 5) is 44.2. The van der Waals surface area contributed by atoms with E-state index in [9.17, 15) is 14.4 Å². The molecular formula is C30H62N4O6. The van der Waals surface area contributed by atoms with Crippen molar-refractivity contribution in [2.75, 3.05) is 100 Å². The molecular weight excluding hydrogens is 512 g/mol. The number of methoxy groups -OCH3 is 3. The van der Waals surface area contributed by atoms with Crippen molar-refractivity contribution in [3.05, 3.63) is 0 Å². The number of rotatable bonds is 22. The molecule has 10 heteroatoms. The van der Waals surface area contributed by atoms with Crippen molar-refractivity contribution >= 4 is 17.9 Å². The van der Waals surface area contributed by atoms with Crippen LogP contribution >= 0.6 is 0 Å². The summed E-state index contributed by atoms with van der Waals surface area (Å²) in [5.74, 6) is -0.659. The number of likely N-dealkylation sites (N-methyl/N-ethyl adjacent to an activating group) is 1. The SMILES string of the molecule is CC.CCCN(CCN(C)CCN(CCC(=O)OC)CCC(C)(C)C)CCN(CCC(=O)OC)CCC(=O)OC. The zero-order chi connectivity index (χ0) is 31.0. The predicted octanol–water partition coefficient (Wildman–Crippen LogP) is 3.39. The second-order valence-corrected chi connectivity index (χ2v) is 11.1. The summed E-state index contributed by atoms with van der Waals surface area (Å²) in [7, 11) is 6.37. The topological polar surface area (TPSA) is 91.9 Å². The van der Waals surface area contributed by atoms with E-state index in [0.717, 1.165) is 65.2 Å². The van der Waals surface area contributed by atoms with Gasteiger partial charge in [0.05, 0.1) is 40.6 Å². The fourth-order valence-electron chi connectivity index (χ4n) is 3.89. The van der Waals surface area contributed by atoms with E-state index < -0.39 is 0 Å². The van der Waals surface area contributed by atoms with Crippen molar-refractivity contribution in [2.24, 2.45) is 5.41 Å². The lowest BCUT2D eigenvalue weighted by Crippen LogP contribution is -2.42. The van der Waals surface area contributed by atoms with Gasteiger partial charge in [0.15, 0.2) is 0 Å². The fourth-order valence-corrected chi connectivity index (χ4v) is 3.89. The monoisotopic (exact) mass is 574 g/mol. The first-order valence-electron chi connectivity index (χ1n) is 15.0. The predicted molar refractivity (Wildman–Crippen MR) is 162 cm³/mol.